The number of pyridine rings is 1. The molecule has 0 bridgehead atoms. The zero-order valence-corrected chi connectivity index (χ0v) is 16.4. The van der Waals surface area contributed by atoms with Crippen LogP contribution >= 0.6 is 15.9 Å². The summed E-state index contributed by atoms with van der Waals surface area (Å²) in [4.78, 5) is 17.0. The summed E-state index contributed by atoms with van der Waals surface area (Å²) in [6, 6.07) is 4.97. The van der Waals surface area contributed by atoms with Crippen LogP contribution in [0.15, 0.2) is 50.4 Å². The number of halogens is 3. The van der Waals surface area contributed by atoms with Gasteiger partial charge >= 0.3 is 0 Å². The molecule has 2 heterocycles. The first kappa shape index (κ1) is 19.3. The number of ether oxygens (including phenoxy) is 1. The molecule has 1 aliphatic rings. The van der Waals surface area contributed by atoms with Gasteiger partial charge in [0.2, 0.25) is 0 Å². The second kappa shape index (κ2) is 8.04. The highest BCUT2D eigenvalue weighted by atomic mass is 79.9. The van der Waals surface area contributed by atoms with Gasteiger partial charge in [-0.25, -0.2) is 8.78 Å². The van der Waals surface area contributed by atoms with Crippen LogP contribution in [0, 0.1) is 18.6 Å². The van der Waals surface area contributed by atoms with Crippen LogP contribution in [0.4, 0.5) is 8.78 Å². The van der Waals surface area contributed by atoms with Crippen LogP contribution in [0.5, 0.6) is 5.75 Å². The fourth-order valence-corrected chi connectivity index (χ4v) is 3.04. The summed E-state index contributed by atoms with van der Waals surface area (Å²) in [5, 5.41) is 3.22. The third-order valence-corrected chi connectivity index (χ3v) is 4.88. The number of allylic oxidation sites excluding steroid dienone is 1. The zero-order valence-electron chi connectivity index (χ0n) is 14.9. The first-order valence-electron chi connectivity index (χ1n) is 8.28. The predicted octanol–water partition coefficient (Wildman–Crippen LogP) is 3.68. The predicted molar refractivity (Wildman–Crippen MR) is 103 cm³/mol. The second-order valence-electron chi connectivity index (χ2n) is 6.25. The molecular weight excluding hydrogens is 420 g/mol. The summed E-state index contributed by atoms with van der Waals surface area (Å²) in [5.41, 5.74) is 2.43. The number of aryl methyl sites for hydroxylation is 1. The Bertz CT molecular complexity index is 999. The quantitative estimate of drug-likeness (QED) is 0.775. The summed E-state index contributed by atoms with van der Waals surface area (Å²) >= 11 is 3.26. The number of nitrogens with one attached hydrogen (secondary N) is 1. The van der Waals surface area contributed by atoms with Gasteiger partial charge in [0.05, 0.1) is 13.1 Å². The summed E-state index contributed by atoms with van der Waals surface area (Å²) in [6.07, 6.45) is 1.71. The molecule has 0 unspecified atom stereocenters. The van der Waals surface area contributed by atoms with E-state index in [2.05, 4.69) is 26.2 Å². The lowest BCUT2D eigenvalue weighted by atomic mass is 10.2. The Morgan fingerprint density at radius 1 is 1.30 bits per heavy atom. The summed E-state index contributed by atoms with van der Waals surface area (Å²) in [5.74, 6) is -1.04. The highest BCUT2D eigenvalue weighted by Crippen LogP contribution is 2.24. The lowest BCUT2D eigenvalue weighted by Gasteiger charge is -2.18. The van der Waals surface area contributed by atoms with E-state index in [0.717, 1.165) is 23.5 Å². The van der Waals surface area contributed by atoms with E-state index in [-0.39, 0.29) is 22.2 Å². The minimum atomic E-state index is -0.692. The van der Waals surface area contributed by atoms with Gasteiger partial charge in [-0.15, -0.1) is 0 Å². The molecule has 0 radical (unpaired) electrons. The number of rotatable bonds is 5. The third kappa shape index (κ3) is 4.44. The molecule has 0 aliphatic carbocycles. The average molecular weight is 438 g/mol. The minimum absolute atomic E-state index is 0.117. The molecule has 0 saturated carbocycles. The maximum atomic E-state index is 13.7. The number of benzene rings is 1. The molecule has 0 amide bonds. The SMILES string of the molecule is CC1=NC=C(Cn2c(C)cc(OCc3ccc(F)cc3F)c(Br)c2=O)NC1. The molecule has 1 aliphatic heterocycles. The van der Waals surface area contributed by atoms with Gasteiger partial charge in [-0.05, 0) is 41.9 Å². The van der Waals surface area contributed by atoms with Gasteiger partial charge in [0, 0.05) is 41.0 Å². The molecule has 2 aromatic rings. The van der Waals surface area contributed by atoms with Crippen molar-refractivity contribution >= 4 is 21.6 Å². The molecule has 0 fully saturated rings. The molecule has 0 spiro atoms. The number of aromatic nitrogens is 1. The van der Waals surface area contributed by atoms with Crippen molar-refractivity contribution in [2.45, 2.75) is 27.0 Å². The Hall–Kier alpha value is -2.48. The van der Waals surface area contributed by atoms with E-state index < -0.39 is 11.6 Å². The highest BCUT2D eigenvalue weighted by molar-refractivity contribution is 9.10. The van der Waals surface area contributed by atoms with E-state index in [9.17, 15) is 13.6 Å². The molecule has 8 heteroatoms. The molecule has 27 heavy (non-hydrogen) atoms. The lowest BCUT2D eigenvalue weighted by Crippen LogP contribution is -2.31. The Kier molecular flexibility index (Phi) is 5.74. The maximum Gasteiger partial charge on any atom is 0.269 e. The van der Waals surface area contributed by atoms with Crippen LogP contribution in [-0.4, -0.2) is 16.8 Å². The zero-order chi connectivity index (χ0) is 19.6. The smallest absolute Gasteiger partial charge is 0.269 e. The van der Waals surface area contributed by atoms with E-state index in [0.29, 0.717) is 24.5 Å². The van der Waals surface area contributed by atoms with Crippen LogP contribution in [0.25, 0.3) is 0 Å². The molecule has 5 nitrogen and oxygen atoms in total. The Morgan fingerprint density at radius 3 is 2.74 bits per heavy atom. The number of nitrogens with zero attached hydrogens (tertiary/aromatic N) is 2. The molecule has 1 aromatic heterocycles. The van der Waals surface area contributed by atoms with E-state index >= 15 is 0 Å². The van der Waals surface area contributed by atoms with Gasteiger partial charge in [0.15, 0.2) is 0 Å². The summed E-state index contributed by atoms with van der Waals surface area (Å²) in [6.45, 7) is 4.59. The lowest BCUT2D eigenvalue weighted by molar-refractivity contribution is 0.295. The Morgan fingerprint density at radius 2 is 2.07 bits per heavy atom. The highest BCUT2D eigenvalue weighted by Gasteiger charge is 2.15. The van der Waals surface area contributed by atoms with Crippen molar-refractivity contribution in [2.24, 2.45) is 4.99 Å². The summed E-state index contributed by atoms with van der Waals surface area (Å²) in [7, 11) is 0. The molecule has 1 N–H and O–H groups in total. The molecule has 142 valence electrons. The van der Waals surface area contributed by atoms with Crippen molar-refractivity contribution < 1.29 is 13.5 Å². The first-order valence-corrected chi connectivity index (χ1v) is 9.07. The topological polar surface area (TPSA) is 55.6 Å². The third-order valence-electron chi connectivity index (χ3n) is 4.15. The number of hydrogen-bond acceptors (Lipinski definition) is 4. The van der Waals surface area contributed by atoms with Crippen LogP contribution in [-0.2, 0) is 13.2 Å². The van der Waals surface area contributed by atoms with Crippen molar-refractivity contribution in [2.75, 3.05) is 6.54 Å². The van der Waals surface area contributed by atoms with Crippen molar-refractivity contribution in [1.82, 2.24) is 9.88 Å². The molecule has 3 rings (SSSR count). The molecule has 0 saturated heterocycles. The standard InChI is InChI=1S/C19H18BrF2N3O2/c1-11-7-24-15(8-23-11)9-25-12(2)5-17(18(20)19(25)26)27-10-13-3-4-14(21)6-16(13)22/h3-6,8,24H,7,9-10H2,1-2H3. The second-order valence-corrected chi connectivity index (χ2v) is 7.04. The van der Waals surface area contributed by atoms with Gasteiger partial charge in [-0.1, -0.05) is 0 Å². The van der Waals surface area contributed by atoms with Gasteiger partial charge in [-0.2, -0.15) is 0 Å². The van der Waals surface area contributed by atoms with Crippen LogP contribution < -0.4 is 15.6 Å². The number of hydrogen-bond donors (Lipinski definition) is 1. The van der Waals surface area contributed by atoms with Gasteiger partial charge in [0.1, 0.15) is 28.5 Å². The Balaban J connectivity index is 1.81. The fourth-order valence-electron chi connectivity index (χ4n) is 2.60. The van der Waals surface area contributed by atoms with Crippen molar-refractivity contribution in [3.05, 3.63) is 73.9 Å². The van der Waals surface area contributed by atoms with E-state index in [1.165, 1.54) is 6.07 Å². The largest absolute Gasteiger partial charge is 0.487 e. The van der Waals surface area contributed by atoms with Crippen molar-refractivity contribution in [1.29, 1.82) is 0 Å². The van der Waals surface area contributed by atoms with E-state index in [1.54, 1.807) is 23.8 Å². The van der Waals surface area contributed by atoms with Gasteiger partial charge in [0.25, 0.3) is 5.56 Å². The van der Waals surface area contributed by atoms with Crippen LogP contribution in [0.3, 0.4) is 0 Å². The van der Waals surface area contributed by atoms with Crippen molar-refractivity contribution in [3.8, 4) is 5.75 Å². The molecular formula is C19H18BrF2N3O2. The van der Waals surface area contributed by atoms with Crippen LogP contribution in [0.1, 0.15) is 18.2 Å². The average Bonchev–Trinajstić information content (AvgIpc) is 2.63. The van der Waals surface area contributed by atoms with E-state index in [1.807, 2.05) is 6.92 Å². The normalized spacial score (nSPS) is 13.7. The fraction of sp³-hybridized carbons (Fsp3) is 0.263. The molecule has 0 atom stereocenters. The van der Waals surface area contributed by atoms with Crippen molar-refractivity contribution in [3.63, 3.8) is 0 Å². The summed E-state index contributed by atoms with van der Waals surface area (Å²) < 4.78 is 34.2. The first-order chi connectivity index (χ1) is 12.8. The van der Waals surface area contributed by atoms with E-state index in [4.69, 9.17) is 4.74 Å². The van der Waals surface area contributed by atoms with Gasteiger partial charge in [-0.3, -0.25) is 9.79 Å². The maximum absolute atomic E-state index is 13.7. The monoisotopic (exact) mass is 437 g/mol. The molecule has 1 aromatic carbocycles. The van der Waals surface area contributed by atoms with Crippen LogP contribution in [0.2, 0.25) is 0 Å². The number of aliphatic imine (C=N–C) groups is 1. The minimum Gasteiger partial charge on any atom is -0.487 e. The van der Waals surface area contributed by atoms with Gasteiger partial charge < -0.3 is 14.6 Å². The Labute approximate surface area is 163 Å².